The number of carbonyl (C=O) groups excluding carboxylic acids is 8. The number of carbonyl (C=O) groups is 8. The molecule has 0 aromatic carbocycles. The number of Topliss-reactive ketones (excluding diaryl/α,β-unsaturated/α-hetero) is 1. The Kier molecular flexibility index (Phi) is 21.8. The monoisotopic (exact) mass is 678 g/mol. The van der Waals surface area contributed by atoms with Crippen molar-refractivity contribution in [2.24, 2.45) is 17.4 Å². The number of aliphatic hydroxyl groups is 1. The third-order valence-electron chi connectivity index (χ3n) is 6.88. The molecule has 0 radical (unpaired) electrons. The number of rotatable bonds is 21. The fraction of sp³-hybridized carbons (Fsp3) is 0.714. The van der Waals surface area contributed by atoms with Crippen molar-refractivity contribution in [3.63, 3.8) is 0 Å². The summed E-state index contributed by atoms with van der Waals surface area (Å²) in [6.45, 7) is 8.78. The summed E-state index contributed by atoms with van der Waals surface area (Å²) in [6.07, 6.45) is 0.330. The van der Waals surface area contributed by atoms with Crippen LogP contribution in [-0.4, -0.2) is 102 Å². The first-order chi connectivity index (χ1) is 21.0. The van der Waals surface area contributed by atoms with Crippen molar-refractivity contribution in [3.8, 4) is 0 Å². The number of halogens is 1. The lowest BCUT2D eigenvalue weighted by Crippen LogP contribution is -2.61. The van der Waals surface area contributed by atoms with E-state index in [0.29, 0.717) is 32.2 Å². The van der Waals surface area contributed by atoms with Gasteiger partial charge in [0.15, 0.2) is 0 Å². The molecule has 0 saturated heterocycles. The van der Waals surface area contributed by atoms with Crippen molar-refractivity contribution in [3.05, 3.63) is 0 Å². The standard InChI is InChI=1S/C28H50N8O9.ClH/c1-7-14(2)21(35-25(42)19(34-18(6)38)10-8-9-12-29)26(43)36-22(17(5)37)27(44)33-16(4)24(41)32-15(3)23(40)28(45)31-13-11-20(30)39;/h14-17,19,21-22,37H,7-13,29H2,1-6H3,(H2,30,39)(H,31,45)(H,32,41)(H,33,44)(H,34,38)(H,35,42)(H,36,43);1H/t14?,15?,16-,17+,19-,21-,22-;/m0./s1. The van der Waals surface area contributed by atoms with E-state index in [-0.39, 0.29) is 25.4 Å². The van der Waals surface area contributed by atoms with E-state index in [1.54, 1.807) is 13.8 Å². The smallest absolute Gasteiger partial charge is 0.289 e. The molecule has 0 spiro atoms. The maximum absolute atomic E-state index is 13.3. The van der Waals surface area contributed by atoms with E-state index in [1.807, 2.05) is 0 Å². The van der Waals surface area contributed by atoms with Crippen molar-refractivity contribution < 1.29 is 43.5 Å². The number of aliphatic hydroxyl groups excluding tert-OH is 1. The van der Waals surface area contributed by atoms with E-state index in [9.17, 15) is 43.5 Å². The third-order valence-corrected chi connectivity index (χ3v) is 6.88. The number of hydrogen-bond acceptors (Lipinski definition) is 10. The Labute approximate surface area is 275 Å². The molecule has 0 aliphatic rings. The normalized spacial score (nSPS) is 15.1. The molecule has 264 valence electrons. The first-order valence-electron chi connectivity index (χ1n) is 14.9. The van der Waals surface area contributed by atoms with Gasteiger partial charge in [0.1, 0.15) is 24.2 Å². The summed E-state index contributed by atoms with van der Waals surface area (Å²) in [4.78, 5) is 98.6. The zero-order valence-corrected chi connectivity index (χ0v) is 28.1. The predicted octanol–water partition coefficient (Wildman–Crippen LogP) is -2.99. The van der Waals surface area contributed by atoms with E-state index >= 15 is 0 Å². The van der Waals surface area contributed by atoms with Crippen molar-refractivity contribution in [1.29, 1.82) is 0 Å². The second kappa shape index (κ2) is 22.6. The Morgan fingerprint density at radius 2 is 1.28 bits per heavy atom. The molecule has 7 amide bonds. The topological polar surface area (TPSA) is 281 Å². The lowest BCUT2D eigenvalue weighted by Gasteiger charge is -2.29. The van der Waals surface area contributed by atoms with Crippen LogP contribution in [0.15, 0.2) is 0 Å². The summed E-state index contributed by atoms with van der Waals surface area (Å²) in [6, 6.07) is -6.14. The molecule has 17 nitrogen and oxygen atoms in total. The average molecular weight is 679 g/mol. The molecule has 0 aromatic rings. The lowest BCUT2D eigenvalue weighted by atomic mass is 9.96. The van der Waals surface area contributed by atoms with E-state index in [0.717, 1.165) is 0 Å². The summed E-state index contributed by atoms with van der Waals surface area (Å²) in [7, 11) is 0. The van der Waals surface area contributed by atoms with Crippen molar-refractivity contribution >= 4 is 59.5 Å². The molecule has 0 heterocycles. The van der Waals surface area contributed by atoms with Crippen molar-refractivity contribution in [1.82, 2.24) is 31.9 Å². The Bertz CT molecular complexity index is 1080. The Morgan fingerprint density at radius 1 is 0.739 bits per heavy atom. The van der Waals surface area contributed by atoms with Crippen LogP contribution in [0.5, 0.6) is 0 Å². The highest BCUT2D eigenvalue weighted by molar-refractivity contribution is 6.38. The first-order valence-corrected chi connectivity index (χ1v) is 14.9. The molecule has 11 N–H and O–H groups in total. The second-order valence-corrected chi connectivity index (χ2v) is 10.9. The number of amides is 7. The molecule has 0 aliphatic heterocycles. The summed E-state index contributed by atoms with van der Waals surface area (Å²) in [5, 5.41) is 24.8. The predicted molar refractivity (Wildman–Crippen MR) is 170 cm³/mol. The number of nitrogens with one attached hydrogen (secondary N) is 6. The number of nitrogens with two attached hydrogens (primary N) is 2. The maximum Gasteiger partial charge on any atom is 0.289 e. The van der Waals surface area contributed by atoms with E-state index < -0.39 is 89.4 Å². The van der Waals surface area contributed by atoms with Crippen LogP contribution in [0.4, 0.5) is 0 Å². The Balaban J connectivity index is 0. The highest BCUT2D eigenvalue weighted by atomic mass is 35.5. The van der Waals surface area contributed by atoms with Crippen LogP contribution < -0.4 is 43.4 Å². The van der Waals surface area contributed by atoms with Gasteiger partial charge in [0.2, 0.25) is 41.2 Å². The maximum atomic E-state index is 13.3. The summed E-state index contributed by atoms with van der Waals surface area (Å²) in [5.74, 6) is -6.71. The molecule has 0 saturated carbocycles. The van der Waals surface area contributed by atoms with Gasteiger partial charge in [-0.05, 0) is 52.5 Å². The van der Waals surface area contributed by atoms with Gasteiger partial charge in [0.05, 0.1) is 12.1 Å². The molecule has 46 heavy (non-hydrogen) atoms. The van der Waals surface area contributed by atoms with Gasteiger partial charge in [0, 0.05) is 19.9 Å². The molecular weight excluding hydrogens is 628 g/mol. The van der Waals surface area contributed by atoms with Crippen molar-refractivity contribution in [2.75, 3.05) is 13.1 Å². The molecule has 2 unspecified atom stereocenters. The van der Waals surface area contributed by atoms with Gasteiger partial charge in [-0.2, -0.15) is 0 Å². The van der Waals surface area contributed by atoms with E-state index in [2.05, 4.69) is 31.9 Å². The molecule has 0 fully saturated rings. The number of primary amides is 1. The average Bonchev–Trinajstić information content (AvgIpc) is 2.96. The number of unbranched alkanes of at least 4 members (excludes halogenated alkanes) is 1. The molecule has 0 bridgehead atoms. The van der Waals surface area contributed by atoms with Gasteiger partial charge in [-0.3, -0.25) is 38.4 Å². The Hall–Kier alpha value is -3.83. The summed E-state index contributed by atoms with van der Waals surface area (Å²) < 4.78 is 0. The second-order valence-electron chi connectivity index (χ2n) is 10.9. The van der Waals surface area contributed by atoms with Crippen LogP contribution >= 0.6 is 12.4 Å². The minimum absolute atomic E-state index is 0. The molecule has 0 aliphatic carbocycles. The fourth-order valence-corrected chi connectivity index (χ4v) is 3.97. The van der Waals surface area contributed by atoms with Crippen molar-refractivity contribution in [2.45, 2.75) is 110 Å². The highest BCUT2D eigenvalue weighted by Gasteiger charge is 2.34. The zero-order chi connectivity index (χ0) is 34.9. The van der Waals surface area contributed by atoms with E-state index in [1.165, 1.54) is 27.7 Å². The fourth-order valence-electron chi connectivity index (χ4n) is 3.97. The summed E-state index contributed by atoms with van der Waals surface area (Å²) in [5.41, 5.74) is 10.5. The quantitative estimate of drug-likeness (QED) is 0.0438. The molecular formula is C28H51ClN8O9. The van der Waals surface area contributed by atoms with Crippen LogP contribution in [0.3, 0.4) is 0 Å². The zero-order valence-electron chi connectivity index (χ0n) is 27.3. The summed E-state index contributed by atoms with van der Waals surface area (Å²) >= 11 is 0. The van der Waals surface area contributed by atoms with Gasteiger partial charge >= 0.3 is 0 Å². The minimum Gasteiger partial charge on any atom is -0.391 e. The highest BCUT2D eigenvalue weighted by Crippen LogP contribution is 2.11. The SMILES string of the molecule is CCC(C)[C@H](NC(=O)[C@H](CCCCN)NC(C)=O)C(=O)N[C@H](C(=O)N[C@@H](C)C(=O)NC(C)C(=O)C(=O)NCCC(N)=O)[C@@H](C)O.Cl. The minimum atomic E-state index is -1.54. The van der Waals surface area contributed by atoms with Gasteiger partial charge in [-0.15, -0.1) is 12.4 Å². The van der Waals surface area contributed by atoms with Gasteiger partial charge < -0.3 is 48.5 Å². The molecule has 7 atom stereocenters. The van der Waals surface area contributed by atoms with E-state index in [4.69, 9.17) is 11.5 Å². The largest absolute Gasteiger partial charge is 0.391 e. The van der Waals surface area contributed by atoms with Crippen LogP contribution in [-0.2, 0) is 38.4 Å². The number of hydrogen-bond donors (Lipinski definition) is 9. The molecule has 0 rings (SSSR count). The lowest BCUT2D eigenvalue weighted by molar-refractivity contribution is -0.140. The van der Waals surface area contributed by atoms with Gasteiger partial charge in [0.25, 0.3) is 5.91 Å². The Morgan fingerprint density at radius 3 is 1.78 bits per heavy atom. The molecule has 18 heteroatoms. The molecule has 0 aromatic heterocycles. The first kappa shape index (κ1) is 44.3. The van der Waals surface area contributed by atoms with Crippen LogP contribution in [0.25, 0.3) is 0 Å². The number of ketones is 1. The van der Waals surface area contributed by atoms with Gasteiger partial charge in [-0.25, -0.2) is 0 Å². The van der Waals surface area contributed by atoms with Crippen LogP contribution in [0.1, 0.15) is 73.6 Å². The van der Waals surface area contributed by atoms with Crippen LogP contribution in [0.2, 0.25) is 0 Å². The third kappa shape index (κ3) is 16.5. The van der Waals surface area contributed by atoms with Gasteiger partial charge in [-0.1, -0.05) is 20.3 Å². The van der Waals surface area contributed by atoms with Crippen LogP contribution in [0, 0.1) is 5.92 Å².